The van der Waals surface area contributed by atoms with Gasteiger partial charge < -0.3 is 4.74 Å². The molecular formula is C4H3ClF2O3. The predicted octanol–water partition coefficient (Wildman–Crippen LogP) is 0.560. The molecule has 0 amide bonds. The summed E-state index contributed by atoms with van der Waals surface area (Å²) in [6, 6.07) is 0. The number of carbonyl (C=O) groups excluding carboxylic acids is 2. The SMILES string of the molecule is COC(=O)C(=O)C(F)(F)Cl. The van der Waals surface area contributed by atoms with Gasteiger partial charge in [0.05, 0.1) is 7.11 Å². The third kappa shape index (κ3) is 2.26. The Balaban J connectivity index is 4.24. The van der Waals surface area contributed by atoms with Gasteiger partial charge in [0.2, 0.25) is 0 Å². The highest BCUT2D eigenvalue weighted by molar-refractivity contribution is 6.48. The topological polar surface area (TPSA) is 43.4 Å². The molecule has 58 valence electrons. The second kappa shape index (κ2) is 2.92. The maximum absolute atomic E-state index is 11.7. The first-order chi connectivity index (χ1) is 4.39. The van der Waals surface area contributed by atoms with Crippen molar-refractivity contribution < 1.29 is 23.1 Å². The van der Waals surface area contributed by atoms with Crippen molar-refractivity contribution in [2.24, 2.45) is 0 Å². The Labute approximate surface area is 59.9 Å². The first-order valence-electron chi connectivity index (χ1n) is 2.09. The molecule has 0 aliphatic rings. The van der Waals surface area contributed by atoms with E-state index in [0.717, 1.165) is 7.11 Å². The summed E-state index contributed by atoms with van der Waals surface area (Å²) in [6.07, 6.45) is 0. The molecule has 3 nitrogen and oxygen atoms in total. The number of esters is 1. The lowest BCUT2D eigenvalue weighted by atomic mass is 10.4. The number of carbonyl (C=O) groups is 2. The van der Waals surface area contributed by atoms with Gasteiger partial charge in [-0.25, -0.2) is 4.79 Å². The number of Topliss-reactive ketones (excluding diaryl/α,β-unsaturated/α-hetero) is 1. The van der Waals surface area contributed by atoms with Gasteiger partial charge >= 0.3 is 17.1 Å². The fraction of sp³-hybridized carbons (Fsp3) is 0.500. The zero-order valence-electron chi connectivity index (χ0n) is 4.86. The fourth-order valence-corrected chi connectivity index (χ4v) is 0.286. The van der Waals surface area contributed by atoms with Crippen molar-refractivity contribution in [3.05, 3.63) is 0 Å². The minimum atomic E-state index is -4.16. The second-order valence-corrected chi connectivity index (χ2v) is 1.79. The summed E-state index contributed by atoms with van der Waals surface area (Å²) in [6.45, 7) is 0. The van der Waals surface area contributed by atoms with Gasteiger partial charge in [0.1, 0.15) is 0 Å². The van der Waals surface area contributed by atoms with Crippen LogP contribution in [-0.4, -0.2) is 24.2 Å². The summed E-state index contributed by atoms with van der Waals surface area (Å²) >= 11 is 4.17. The van der Waals surface area contributed by atoms with Crippen LogP contribution in [0, 0.1) is 0 Å². The average molecular weight is 173 g/mol. The number of halogens is 3. The van der Waals surface area contributed by atoms with Crippen molar-refractivity contribution in [2.45, 2.75) is 5.38 Å². The van der Waals surface area contributed by atoms with Crippen LogP contribution < -0.4 is 0 Å². The van der Waals surface area contributed by atoms with Crippen LogP contribution in [0.4, 0.5) is 8.78 Å². The maximum atomic E-state index is 11.7. The molecule has 0 aliphatic carbocycles. The summed E-state index contributed by atoms with van der Waals surface area (Å²) in [4.78, 5) is 20.1. The van der Waals surface area contributed by atoms with E-state index < -0.39 is 17.1 Å². The lowest BCUT2D eigenvalue weighted by molar-refractivity contribution is -0.158. The zero-order chi connectivity index (χ0) is 8.36. The normalized spacial score (nSPS) is 10.8. The highest BCUT2D eigenvalue weighted by atomic mass is 35.5. The van der Waals surface area contributed by atoms with Gasteiger partial charge in [0, 0.05) is 0 Å². The van der Waals surface area contributed by atoms with Crippen molar-refractivity contribution in [3.63, 3.8) is 0 Å². The Hall–Kier alpha value is -0.710. The Kier molecular flexibility index (Phi) is 2.71. The van der Waals surface area contributed by atoms with E-state index in [9.17, 15) is 18.4 Å². The number of ether oxygens (including phenoxy) is 1. The molecule has 0 N–H and O–H groups in total. The molecular weight excluding hydrogens is 169 g/mol. The first-order valence-corrected chi connectivity index (χ1v) is 2.47. The molecule has 0 heterocycles. The number of ketones is 1. The Morgan fingerprint density at radius 2 is 1.90 bits per heavy atom. The quantitative estimate of drug-likeness (QED) is 0.347. The molecule has 0 saturated heterocycles. The molecule has 6 heteroatoms. The lowest BCUT2D eigenvalue weighted by Crippen LogP contribution is -2.30. The van der Waals surface area contributed by atoms with Crippen LogP contribution in [0.3, 0.4) is 0 Å². The van der Waals surface area contributed by atoms with Crippen molar-refractivity contribution >= 4 is 23.4 Å². The van der Waals surface area contributed by atoms with Crippen LogP contribution in [-0.2, 0) is 14.3 Å². The molecule has 0 bridgehead atoms. The molecule has 0 aliphatic heterocycles. The molecule has 0 aromatic heterocycles. The van der Waals surface area contributed by atoms with Gasteiger partial charge in [-0.05, 0) is 11.6 Å². The second-order valence-electron chi connectivity index (χ2n) is 1.32. The van der Waals surface area contributed by atoms with Gasteiger partial charge in [0.25, 0.3) is 0 Å². The van der Waals surface area contributed by atoms with Crippen molar-refractivity contribution in [1.82, 2.24) is 0 Å². The number of hydrogen-bond donors (Lipinski definition) is 0. The van der Waals surface area contributed by atoms with Crippen LogP contribution >= 0.6 is 11.6 Å². The number of rotatable bonds is 2. The van der Waals surface area contributed by atoms with E-state index in [4.69, 9.17) is 0 Å². The minimum Gasteiger partial charge on any atom is -0.463 e. The number of alkyl halides is 3. The van der Waals surface area contributed by atoms with Crippen molar-refractivity contribution in [1.29, 1.82) is 0 Å². The van der Waals surface area contributed by atoms with Gasteiger partial charge in [-0.2, -0.15) is 8.78 Å². The maximum Gasteiger partial charge on any atom is 0.391 e. The highest BCUT2D eigenvalue weighted by Crippen LogP contribution is 2.19. The van der Waals surface area contributed by atoms with E-state index >= 15 is 0 Å². The molecule has 0 unspecified atom stereocenters. The van der Waals surface area contributed by atoms with Crippen LogP contribution in [0.2, 0.25) is 0 Å². The summed E-state index contributed by atoms with van der Waals surface area (Å²) in [5.74, 6) is -3.71. The molecule has 10 heavy (non-hydrogen) atoms. The van der Waals surface area contributed by atoms with E-state index in [2.05, 4.69) is 16.3 Å². The Morgan fingerprint density at radius 3 is 2.00 bits per heavy atom. The molecule has 0 aromatic carbocycles. The largest absolute Gasteiger partial charge is 0.463 e. The standard InChI is InChI=1S/C4H3ClF2O3/c1-10-3(9)2(8)4(5,6)7/h1H3. The predicted molar refractivity (Wildman–Crippen MR) is 27.8 cm³/mol. The first kappa shape index (κ1) is 9.29. The van der Waals surface area contributed by atoms with E-state index in [1.807, 2.05) is 0 Å². The van der Waals surface area contributed by atoms with Gasteiger partial charge in [0.15, 0.2) is 0 Å². The molecule has 0 aromatic rings. The Bertz CT molecular complexity index is 162. The van der Waals surface area contributed by atoms with E-state index in [1.165, 1.54) is 0 Å². The summed E-state index contributed by atoms with van der Waals surface area (Å²) < 4.78 is 27.0. The number of hydrogen-bond acceptors (Lipinski definition) is 3. The number of methoxy groups -OCH3 is 1. The summed E-state index contributed by atoms with van der Waals surface area (Å²) in [5, 5.41) is -4.16. The van der Waals surface area contributed by atoms with Crippen LogP contribution in [0.1, 0.15) is 0 Å². The van der Waals surface area contributed by atoms with Crippen LogP contribution in [0.25, 0.3) is 0 Å². The van der Waals surface area contributed by atoms with Crippen molar-refractivity contribution in [2.75, 3.05) is 7.11 Å². The van der Waals surface area contributed by atoms with Gasteiger partial charge in [-0.1, -0.05) is 0 Å². The zero-order valence-corrected chi connectivity index (χ0v) is 5.61. The monoisotopic (exact) mass is 172 g/mol. The minimum absolute atomic E-state index is 0.808. The molecule has 0 saturated carbocycles. The molecule has 0 radical (unpaired) electrons. The van der Waals surface area contributed by atoms with E-state index in [0.29, 0.717) is 0 Å². The average Bonchev–Trinajstić information content (AvgIpc) is 1.83. The third-order valence-corrected chi connectivity index (χ3v) is 0.800. The van der Waals surface area contributed by atoms with Crippen molar-refractivity contribution in [3.8, 4) is 0 Å². The molecule has 0 rings (SSSR count). The van der Waals surface area contributed by atoms with Crippen LogP contribution in [0.5, 0.6) is 0 Å². The third-order valence-electron chi connectivity index (χ3n) is 0.628. The van der Waals surface area contributed by atoms with E-state index in [1.54, 1.807) is 0 Å². The Morgan fingerprint density at radius 1 is 1.50 bits per heavy atom. The van der Waals surface area contributed by atoms with E-state index in [-0.39, 0.29) is 0 Å². The summed E-state index contributed by atoms with van der Waals surface area (Å²) in [7, 11) is 0.808. The highest BCUT2D eigenvalue weighted by Gasteiger charge is 2.41. The summed E-state index contributed by atoms with van der Waals surface area (Å²) in [5.41, 5.74) is 0. The fourth-order valence-electron chi connectivity index (χ4n) is 0.208. The lowest BCUT2D eigenvalue weighted by Gasteiger charge is -2.02. The van der Waals surface area contributed by atoms with Gasteiger partial charge in [-0.3, -0.25) is 4.79 Å². The van der Waals surface area contributed by atoms with Gasteiger partial charge in [-0.15, -0.1) is 0 Å². The molecule has 0 fully saturated rings. The van der Waals surface area contributed by atoms with Crippen LogP contribution in [0.15, 0.2) is 0 Å². The molecule has 0 atom stereocenters. The smallest absolute Gasteiger partial charge is 0.391 e. The molecule has 0 spiro atoms.